The topological polar surface area (TPSA) is 84.5 Å². The van der Waals surface area contributed by atoms with E-state index >= 15 is 0 Å². The van der Waals surface area contributed by atoms with Crippen molar-refractivity contribution in [2.75, 3.05) is 6.54 Å². The van der Waals surface area contributed by atoms with Gasteiger partial charge in [-0.15, -0.1) is 0 Å². The van der Waals surface area contributed by atoms with Crippen molar-refractivity contribution >= 4 is 33.7 Å². The van der Waals surface area contributed by atoms with Crippen LogP contribution in [0.3, 0.4) is 0 Å². The molecule has 29 heavy (non-hydrogen) atoms. The van der Waals surface area contributed by atoms with E-state index in [0.717, 1.165) is 10.0 Å². The molecule has 2 aromatic carbocycles. The third-order valence-corrected chi connectivity index (χ3v) is 4.55. The van der Waals surface area contributed by atoms with Gasteiger partial charge in [0.2, 0.25) is 5.91 Å². The Kier molecular flexibility index (Phi) is 8.86. The Labute approximate surface area is 179 Å². The first-order chi connectivity index (χ1) is 13.8. The Morgan fingerprint density at radius 3 is 2.28 bits per heavy atom. The maximum Gasteiger partial charge on any atom is 0.308 e. The van der Waals surface area contributed by atoms with Crippen molar-refractivity contribution in [2.45, 2.75) is 38.8 Å². The van der Waals surface area contributed by atoms with Crippen molar-refractivity contribution < 1.29 is 19.1 Å². The standard InChI is InChI=1S/C22H25BrN2O4/c1-15(2)29-21(27)14-19(16-6-4-3-5-7-16)25-20(26)12-13-24-22(28)17-8-10-18(23)11-9-17/h3-11,15,19H,12-14H2,1-2H3,(H,24,28)(H,25,26). The zero-order valence-corrected chi connectivity index (χ0v) is 18.1. The highest BCUT2D eigenvalue weighted by molar-refractivity contribution is 9.10. The molecule has 0 radical (unpaired) electrons. The average Bonchev–Trinajstić information content (AvgIpc) is 2.68. The van der Waals surface area contributed by atoms with E-state index in [0.29, 0.717) is 5.56 Å². The SMILES string of the molecule is CC(C)OC(=O)CC(NC(=O)CCNC(=O)c1ccc(Br)cc1)c1ccccc1. The molecule has 0 heterocycles. The summed E-state index contributed by atoms with van der Waals surface area (Å²) >= 11 is 3.32. The number of ether oxygens (including phenoxy) is 1. The Hall–Kier alpha value is -2.67. The van der Waals surface area contributed by atoms with Gasteiger partial charge in [0, 0.05) is 23.0 Å². The van der Waals surface area contributed by atoms with E-state index in [2.05, 4.69) is 26.6 Å². The number of benzene rings is 2. The Morgan fingerprint density at radius 1 is 1.00 bits per heavy atom. The summed E-state index contributed by atoms with van der Waals surface area (Å²) in [4.78, 5) is 36.6. The van der Waals surface area contributed by atoms with Crippen LogP contribution in [0.5, 0.6) is 0 Å². The lowest BCUT2D eigenvalue weighted by atomic mass is 10.0. The highest BCUT2D eigenvalue weighted by atomic mass is 79.9. The maximum absolute atomic E-state index is 12.4. The first kappa shape index (κ1) is 22.6. The minimum atomic E-state index is -0.489. The van der Waals surface area contributed by atoms with Crippen LogP contribution in [0.15, 0.2) is 59.1 Å². The Balaban J connectivity index is 1.89. The van der Waals surface area contributed by atoms with Crippen molar-refractivity contribution in [2.24, 2.45) is 0 Å². The Bertz CT molecular complexity index is 822. The minimum Gasteiger partial charge on any atom is -0.463 e. The fraction of sp³-hybridized carbons (Fsp3) is 0.318. The molecule has 0 bridgehead atoms. The molecule has 0 aromatic heterocycles. The molecule has 7 heteroatoms. The van der Waals surface area contributed by atoms with Gasteiger partial charge in [0.1, 0.15) is 0 Å². The normalized spacial score (nSPS) is 11.6. The van der Waals surface area contributed by atoms with E-state index in [-0.39, 0.29) is 43.3 Å². The molecule has 2 rings (SSSR count). The van der Waals surface area contributed by atoms with Crippen LogP contribution < -0.4 is 10.6 Å². The number of esters is 1. The monoisotopic (exact) mass is 460 g/mol. The van der Waals surface area contributed by atoms with Crippen LogP contribution in [0, 0.1) is 0 Å². The molecule has 1 atom stereocenters. The summed E-state index contributed by atoms with van der Waals surface area (Å²) < 4.78 is 6.09. The van der Waals surface area contributed by atoms with Crippen molar-refractivity contribution in [3.63, 3.8) is 0 Å². The Morgan fingerprint density at radius 2 is 1.66 bits per heavy atom. The first-order valence-corrected chi connectivity index (χ1v) is 10.2. The summed E-state index contributed by atoms with van der Waals surface area (Å²) in [5, 5.41) is 5.58. The van der Waals surface area contributed by atoms with Crippen molar-refractivity contribution in [1.82, 2.24) is 10.6 Å². The summed E-state index contributed by atoms with van der Waals surface area (Å²) in [6, 6.07) is 15.7. The van der Waals surface area contributed by atoms with Crippen LogP contribution in [0.1, 0.15) is 48.7 Å². The molecule has 0 fully saturated rings. The molecule has 154 valence electrons. The zero-order valence-electron chi connectivity index (χ0n) is 16.5. The second-order valence-electron chi connectivity index (χ2n) is 6.79. The van der Waals surface area contributed by atoms with Crippen LogP contribution in [-0.4, -0.2) is 30.4 Å². The molecule has 2 amide bonds. The number of carbonyl (C=O) groups is 3. The van der Waals surface area contributed by atoms with Gasteiger partial charge < -0.3 is 15.4 Å². The second-order valence-corrected chi connectivity index (χ2v) is 7.70. The number of rotatable bonds is 9. The summed E-state index contributed by atoms with van der Waals surface area (Å²) in [5.41, 5.74) is 1.34. The lowest BCUT2D eigenvalue weighted by Gasteiger charge is -2.19. The van der Waals surface area contributed by atoms with Gasteiger partial charge in [-0.1, -0.05) is 46.3 Å². The summed E-state index contributed by atoms with van der Waals surface area (Å²) in [6.45, 7) is 3.75. The maximum atomic E-state index is 12.4. The first-order valence-electron chi connectivity index (χ1n) is 9.42. The lowest BCUT2D eigenvalue weighted by Crippen LogP contribution is -2.34. The number of nitrogens with one attached hydrogen (secondary N) is 2. The molecule has 6 nitrogen and oxygen atoms in total. The molecule has 2 N–H and O–H groups in total. The van der Waals surface area contributed by atoms with Crippen molar-refractivity contribution in [1.29, 1.82) is 0 Å². The van der Waals surface area contributed by atoms with Gasteiger partial charge >= 0.3 is 5.97 Å². The fourth-order valence-corrected chi connectivity index (χ4v) is 2.94. The highest BCUT2D eigenvalue weighted by Crippen LogP contribution is 2.18. The third kappa shape index (κ3) is 8.07. The van der Waals surface area contributed by atoms with Gasteiger partial charge in [-0.2, -0.15) is 0 Å². The largest absolute Gasteiger partial charge is 0.463 e. The molecule has 0 saturated heterocycles. The predicted octanol–water partition coefficient (Wildman–Crippen LogP) is 3.77. The molecule has 0 aliphatic carbocycles. The van der Waals surface area contributed by atoms with Crippen LogP contribution >= 0.6 is 15.9 Å². The quantitative estimate of drug-likeness (QED) is 0.557. The molecule has 0 aliphatic rings. The van der Waals surface area contributed by atoms with Crippen LogP contribution in [-0.2, 0) is 14.3 Å². The third-order valence-electron chi connectivity index (χ3n) is 4.02. The molecule has 0 aliphatic heterocycles. The van der Waals surface area contributed by atoms with Crippen LogP contribution in [0.4, 0.5) is 0 Å². The zero-order chi connectivity index (χ0) is 21.2. The van der Waals surface area contributed by atoms with E-state index in [1.807, 2.05) is 30.3 Å². The molecule has 2 aromatic rings. The van der Waals surface area contributed by atoms with E-state index in [1.165, 1.54) is 0 Å². The molecular weight excluding hydrogens is 436 g/mol. The van der Waals surface area contributed by atoms with E-state index in [1.54, 1.807) is 38.1 Å². The van der Waals surface area contributed by atoms with E-state index < -0.39 is 6.04 Å². The van der Waals surface area contributed by atoms with Crippen molar-refractivity contribution in [3.8, 4) is 0 Å². The number of hydrogen-bond acceptors (Lipinski definition) is 4. The molecular formula is C22H25BrN2O4. The number of halogens is 1. The molecule has 0 saturated carbocycles. The minimum absolute atomic E-state index is 0.0409. The second kappa shape index (κ2) is 11.4. The van der Waals surface area contributed by atoms with Gasteiger partial charge in [-0.25, -0.2) is 0 Å². The lowest BCUT2D eigenvalue weighted by molar-refractivity contribution is -0.148. The number of hydrogen-bond donors (Lipinski definition) is 2. The van der Waals surface area contributed by atoms with Gasteiger partial charge in [-0.3, -0.25) is 14.4 Å². The smallest absolute Gasteiger partial charge is 0.308 e. The average molecular weight is 461 g/mol. The van der Waals surface area contributed by atoms with Crippen molar-refractivity contribution in [3.05, 3.63) is 70.2 Å². The number of carbonyl (C=O) groups excluding carboxylic acids is 3. The van der Waals surface area contributed by atoms with Crippen LogP contribution in [0.25, 0.3) is 0 Å². The van der Waals surface area contributed by atoms with E-state index in [4.69, 9.17) is 4.74 Å². The summed E-state index contributed by atoms with van der Waals surface area (Å²) in [5.74, 6) is -0.879. The van der Waals surface area contributed by atoms with Gasteiger partial charge in [-0.05, 0) is 43.7 Å². The van der Waals surface area contributed by atoms with Gasteiger partial charge in [0.05, 0.1) is 18.6 Å². The predicted molar refractivity (Wildman–Crippen MR) is 114 cm³/mol. The fourth-order valence-electron chi connectivity index (χ4n) is 2.67. The highest BCUT2D eigenvalue weighted by Gasteiger charge is 2.20. The van der Waals surface area contributed by atoms with Crippen LogP contribution in [0.2, 0.25) is 0 Å². The molecule has 1 unspecified atom stereocenters. The summed E-state index contributed by atoms with van der Waals surface area (Å²) in [7, 11) is 0. The van der Waals surface area contributed by atoms with Gasteiger partial charge in [0.15, 0.2) is 0 Å². The van der Waals surface area contributed by atoms with E-state index in [9.17, 15) is 14.4 Å². The van der Waals surface area contributed by atoms with Gasteiger partial charge in [0.25, 0.3) is 5.91 Å². The summed E-state index contributed by atoms with van der Waals surface area (Å²) in [6.07, 6.45) is -0.0762. The number of amides is 2. The molecule has 0 spiro atoms.